The number of carboxylic acids is 1. The maximum Gasteiger partial charge on any atom is 0.341 e. The molecule has 1 heterocycles. The van der Waals surface area contributed by atoms with Gasteiger partial charge in [-0.15, -0.1) is 0 Å². The second kappa shape index (κ2) is 11.1. The predicted octanol–water partition coefficient (Wildman–Crippen LogP) is 4.69. The molecule has 0 bridgehead atoms. The first-order valence-electron chi connectivity index (χ1n) is 10.3. The lowest BCUT2D eigenvalue weighted by atomic mass is 10.1. The van der Waals surface area contributed by atoms with Gasteiger partial charge in [0.05, 0.1) is 23.6 Å². The Bertz CT molecular complexity index is 1180. The van der Waals surface area contributed by atoms with Crippen LogP contribution in [-0.4, -0.2) is 35.9 Å². The van der Waals surface area contributed by atoms with Crippen molar-refractivity contribution in [2.24, 2.45) is 0 Å². The van der Waals surface area contributed by atoms with Crippen molar-refractivity contribution in [2.75, 3.05) is 19.8 Å². The lowest BCUT2D eigenvalue weighted by Crippen LogP contribution is -2.16. The zero-order valence-electron chi connectivity index (χ0n) is 18.2. The van der Waals surface area contributed by atoms with Crippen molar-refractivity contribution in [2.45, 2.75) is 20.0 Å². The molecule has 0 radical (unpaired) electrons. The van der Waals surface area contributed by atoms with E-state index in [0.717, 1.165) is 5.56 Å². The number of halogens is 1. The van der Waals surface area contributed by atoms with Gasteiger partial charge in [-0.25, -0.2) is 14.2 Å². The SMILES string of the molecule is CCOC[C@@H](Oc1ccc(OCC(=O)O)c(C)c1)c1cccc(-c2ccc(C#N)c(F)c2)n1. The summed E-state index contributed by atoms with van der Waals surface area (Å²) in [6, 6.07) is 16.6. The summed E-state index contributed by atoms with van der Waals surface area (Å²) in [7, 11) is 0. The number of benzene rings is 2. The summed E-state index contributed by atoms with van der Waals surface area (Å²) in [5.74, 6) is -0.671. The number of rotatable bonds is 10. The van der Waals surface area contributed by atoms with Gasteiger partial charge in [0.1, 0.15) is 23.4 Å². The molecule has 3 rings (SSSR count). The molecule has 3 aromatic rings. The Hall–Kier alpha value is -3.96. The van der Waals surface area contributed by atoms with E-state index in [-0.39, 0.29) is 12.2 Å². The molecule has 0 spiro atoms. The van der Waals surface area contributed by atoms with Gasteiger partial charge in [-0.2, -0.15) is 5.26 Å². The number of hydrogen-bond donors (Lipinski definition) is 1. The van der Waals surface area contributed by atoms with E-state index >= 15 is 0 Å². The summed E-state index contributed by atoms with van der Waals surface area (Å²) in [6.07, 6.45) is -0.543. The number of ether oxygens (including phenoxy) is 3. The first kappa shape index (κ1) is 23.7. The van der Waals surface area contributed by atoms with E-state index in [0.29, 0.717) is 35.1 Å². The number of aryl methyl sites for hydroxylation is 1. The van der Waals surface area contributed by atoms with Crippen LogP contribution in [0.3, 0.4) is 0 Å². The van der Waals surface area contributed by atoms with Gasteiger partial charge in [-0.3, -0.25) is 0 Å². The third kappa shape index (κ3) is 6.28. The van der Waals surface area contributed by atoms with Crippen molar-refractivity contribution in [3.05, 3.63) is 77.2 Å². The lowest BCUT2D eigenvalue weighted by Gasteiger charge is -2.20. The van der Waals surface area contributed by atoms with Crippen molar-refractivity contribution in [3.63, 3.8) is 0 Å². The number of hydrogen-bond acceptors (Lipinski definition) is 6. The monoisotopic (exact) mass is 450 g/mol. The zero-order valence-corrected chi connectivity index (χ0v) is 18.2. The second-order valence-corrected chi connectivity index (χ2v) is 7.13. The first-order valence-corrected chi connectivity index (χ1v) is 10.3. The van der Waals surface area contributed by atoms with Crippen LogP contribution in [-0.2, 0) is 9.53 Å². The molecule has 2 aromatic carbocycles. The van der Waals surface area contributed by atoms with Crippen LogP contribution in [0.1, 0.15) is 29.8 Å². The average molecular weight is 450 g/mol. The molecule has 1 N–H and O–H groups in total. The van der Waals surface area contributed by atoms with Crippen LogP contribution in [0.4, 0.5) is 4.39 Å². The fraction of sp³-hybridized carbons (Fsp3) is 0.240. The summed E-state index contributed by atoms with van der Waals surface area (Å²) in [5, 5.41) is 17.7. The number of aromatic nitrogens is 1. The molecule has 0 saturated carbocycles. The van der Waals surface area contributed by atoms with Crippen molar-refractivity contribution < 1.29 is 28.5 Å². The molecule has 0 saturated heterocycles. The molecule has 0 aliphatic carbocycles. The second-order valence-electron chi connectivity index (χ2n) is 7.13. The Labute approximate surface area is 191 Å². The molecular formula is C25H23FN2O5. The Balaban J connectivity index is 1.85. The van der Waals surface area contributed by atoms with Gasteiger partial charge in [0.2, 0.25) is 0 Å². The van der Waals surface area contributed by atoms with E-state index in [2.05, 4.69) is 4.98 Å². The molecule has 170 valence electrons. The van der Waals surface area contributed by atoms with E-state index in [9.17, 15) is 9.18 Å². The molecule has 0 unspecified atom stereocenters. The van der Waals surface area contributed by atoms with E-state index in [4.69, 9.17) is 24.6 Å². The molecule has 1 aromatic heterocycles. The van der Waals surface area contributed by atoms with Crippen LogP contribution >= 0.6 is 0 Å². The Morgan fingerprint density at radius 1 is 1.21 bits per heavy atom. The van der Waals surface area contributed by atoms with Crippen LogP contribution in [0, 0.1) is 24.1 Å². The first-order chi connectivity index (χ1) is 15.9. The number of nitriles is 1. The molecule has 0 aliphatic heterocycles. The molecular weight excluding hydrogens is 427 g/mol. The summed E-state index contributed by atoms with van der Waals surface area (Å²) < 4.78 is 31.1. The van der Waals surface area contributed by atoms with Gasteiger partial charge in [0, 0.05) is 12.2 Å². The van der Waals surface area contributed by atoms with Crippen molar-refractivity contribution in [1.29, 1.82) is 5.26 Å². The Kier molecular flexibility index (Phi) is 7.95. The maximum atomic E-state index is 14.1. The minimum absolute atomic E-state index is 0.0291. The number of pyridine rings is 1. The highest BCUT2D eigenvalue weighted by Crippen LogP contribution is 2.28. The molecule has 1 atom stereocenters. The van der Waals surface area contributed by atoms with E-state index < -0.39 is 24.5 Å². The normalized spacial score (nSPS) is 11.5. The van der Waals surface area contributed by atoms with Crippen molar-refractivity contribution in [3.8, 4) is 28.8 Å². The average Bonchev–Trinajstić information content (AvgIpc) is 2.81. The van der Waals surface area contributed by atoms with Crippen LogP contribution in [0.25, 0.3) is 11.3 Å². The summed E-state index contributed by atoms with van der Waals surface area (Å²) in [6.45, 7) is 3.96. The van der Waals surface area contributed by atoms with Crippen molar-refractivity contribution in [1.82, 2.24) is 4.98 Å². The summed E-state index contributed by atoms with van der Waals surface area (Å²) >= 11 is 0. The topological polar surface area (TPSA) is 102 Å². The highest BCUT2D eigenvalue weighted by atomic mass is 19.1. The highest BCUT2D eigenvalue weighted by molar-refractivity contribution is 5.68. The zero-order chi connectivity index (χ0) is 23.8. The standard InChI is InChI=1S/C25H23FN2O5/c1-3-31-14-24(33-19-9-10-23(16(2)11-19)32-15-25(29)30)22-6-4-5-21(28-22)17-7-8-18(13-27)20(26)12-17/h4-12,24H,3,14-15H2,1-2H3,(H,29,30)/t24-/m1/s1. The van der Waals surface area contributed by atoms with Crippen LogP contribution < -0.4 is 9.47 Å². The molecule has 7 nitrogen and oxygen atoms in total. The smallest absolute Gasteiger partial charge is 0.341 e. The van der Waals surface area contributed by atoms with E-state index in [1.165, 1.54) is 12.1 Å². The molecule has 0 aliphatic rings. The molecule has 0 amide bonds. The third-order valence-electron chi connectivity index (χ3n) is 4.74. The van der Waals surface area contributed by atoms with Gasteiger partial charge < -0.3 is 19.3 Å². The molecule has 8 heteroatoms. The number of aliphatic carboxylic acids is 1. The van der Waals surface area contributed by atoms with E-state index in [1.54, 1.807) is 55.5 Å². The Morgan fingerprint density at radius 3 is 2.70 bits per heavy atom. The fourth-order valence-corrected chi connectivity index (χ4v) is 3.12. The highest BCUT2D eigenvalue weighted by Gasteiger charge is 2.18. The van der Waals surface area contributed by atoms with Gasteiger partial charge in [-0.1, -0.05) is 12.1 Å². The maximum absolute atomic E-state index is 14.1. The predicted molar refractivity (Wildman–Crippen MR) is 119 cm³/mol. The number of carbonyl (C=O) groups is 1. The summed E-state index contributed by atoms with van der Waals surface area (Å²) in [4.78, 5) is 15.4. The van der Waals surface area contributed by atoms with Gasteiger partial charge >= 0.3 is 5.97 Å². The summed E-state index contributed by atoms with van der Waals surface area (Å²) in [5.41, 5.74) is 2.36. The number of carboxylic acid groups (broad SMARTS) is 1. The van der Waals surface area contributed by atoms with Gasteiger partial charge in [0.15, 0.2) is 12.7 Å². The fourth-order valence-electron chi connectivity index (χ4n) is 3.12. The van der Waals surface area contributed by atoms with Crippen molar-refractivity contribution >= 4 is 5.97 Å². The third-order valence-corrected chi connectivity index (χ3v) is 4.74. The van der Waals surface area contributed by atoms with Gasteiger partial charge in [0.25, 0.3) is 0 Å². The van der Waals surface area contributed by atoms with Crippen LogP contribution in [0.5, 0.6) is 11.5 Å². The van der Waals surface area contributed by atoms with E-state index in [1.807, 2.05) is 6.92 Å². The minimum Gasteiger partial charge on any atom is -0.482 e. The largest absolute Gasteiger partial charge is 0.482 e. The molecule has 33 heavy (non-hydrogen) atoms. The lowest BCUT2D eigenvalue weighted by molar-refractivity contribution is -0.139. The van der Waals surface area contributed by atoms with Gasteiger partial charge in [-0.05, 0) is 61.9 Å². The number of nitrogens with zero attached hydrogens (tertiary/aromatic N) is 2. The molecule has 0 fully saturated rings. The minimum atomic E-state index is -1.06. The quantitative estimate of drug-likeness (QED) is 0.478. The van der Waals surface area contributed by atoms with Crippen LogP contribution in [0.15, 0.2) is 54.6 Å². The Morgan fingerprint density at radius 2 is 2.03 bits per heavy atom. The van der Waals surface area contributed by atoms with Crippen LogP contribution in [0.2, 0.25) is 0 Å².